The lowest BCUT2D eigenvalue weighted by Crippen LogP contribution is -2.24. The van der Waals surface area contributed by atoms with Crippen molar-refractivity contribution in [3.63, 3.8) is 0 Å². The average molecular weight is 279 g/mol. The Kier molecular flexibility index (Phi) is 2.67. The van der Waals surface area contributed by atoms with E-state index in [4.69, 9.17) is 5.11 Å². The number of halogens is 2. The van der Waals surface area contributed by atoms with Gasteiger partial charge in [-0.2, -0.15) is 4.68 Å². The van der Waals surface area contributed by atoms with E-state index in [1.165, 1.54) is 10.8 Å². The van der Waals surface area contributed by atoms with Gasteiger partial charge < -0.3 is 10.4 Å². The van der Waals surface area contributed by atoms with Crippen molar-refractivity contribution < 1.29 is 18.7 Å². The molecular formula is C11H7F2N5O2. The number of carboxylic acids is 1. The van der Waals surface area contributed by atoms with Gasteiger partial charge in [0.2, 0.25) is 5.95 Å². The van der Waals surface area contributed by atoms with Crippen molar-refractivity contribution in [1.82, 2.24) is 20.2 Å². The number of anilines is 1. The number of allylic oxidation sites excluding steroid dienone is 1. The van der Waals surface area contributed by atoms with Crippen LogP contribution in [0.3, 0.4) is 0 Å². The van der Waals surface area contributed by atoms with Gasteiger partial charge in [0, 0.05) is 6.07 Å². The lowest BCUT2D eigenvalue weighted by Gasteiger charge is -2.21. The molecule has 1 aliphatic heterocycles. The quantitative estimate of drug-likeness (QED) is 0.849. The monoisotopic (exact) mass is 279 g/mol. The predicted octanol–water partition coefficient (Wildman–Crippen LogP) is 0.935. The average Bonchev–Trinajstić information content (AvgIpc) is 2.84. The zero-order valence-corrected chi connectivity index (χ0v) is 9.79. The van der Waals surface area contributed by atoms with E-state index < -0.39 is 23.6 Å². The number of aliphatic carboxylic acids is 1. The molecule has 0 saturated heterocycles. The SMILES string of the molecule is O=C(O)C1=C[C@H](c2cc(F)cc(F)c2)n2nnnc2N1. The lowest BCUT2D eigenvalue weighted by atomic mass is 10.0. The maximum Gasteiger partial charge on any atom is 0.352 e. The molecule has 2 N–H and O–H groups in total. The highest BCUT2D eigenvalue weighted by Crippen LogP contribution is 2.28. The standard InChI is InChI=1S/C11H7F2N5O2/c12-6-1-5(2-7(13)3-6)9-4-8(10(19)20)14-11-15-16-17-18(9)11/h1-4,9H,(H,19,20)(H,14,15,17)/t9-/m1/s1. The minimum absolute atomic E-state index is 0.0829. The Morgan fingerprint density at radius 3 is 2.65 bits per heavy atom. The van der Waals surface area contributed by atoms with E-state index in [1.54, 1.807) is 0 Å². The van der Waals surface area contributed by atoms with Crippen LogP contribution in [0.25, 0.3) is 0 Å². The first kappa shape index (κ1) is 12.2. The molecule has 3 rings (SSSR count). The van der Waals surface area contributed by atoms with E-state index in [9.17, 15) is 13.6 Å². The second-order valence-corrected chi connectivity index (χ2v) is 4.11. The van der Waals surface area contributed by atoms with Gasteiger partial charge in [-0.05, 0) is 34.2 Å². The van der Waals surface area contributed by atoms with Crippen molar-refractivity contribution in [2.24, 2.45) is 0 Å². The molecule has 2 heterocycles. The van der Waals surface area contributed by atoms with Gasteiger partial charge in [0.05, 0.1) is 0 Å². The summed E-state index contributed by atoms with van der Waals surface area (Å²) < 4.78 is 27.8. The third kappa shape index (κ3) is 1.98. The molecule has 102 valence electrons. The number of nitrogens with one attached hydrogen (secondary N) is 1. The maximum atomic E-state index is 13.3. The number of carboxylic acid groups (broad SMARTS) is 1. The van der Waals surface area contributed by atoms with Crippen molar-refractivity contribution in [3.8, 4) is 0 Å². The van der Waals surface area contributed by atoms with E-state index in [1.807, 2.05) is 0 Å². The third-order valence-electron chi connectivity index (χ3n) is 2.78. The Morgan fingerprint density at radius 2 is 2.00 bits per heavy atom. The van der Waals surface area contributed by atoms with Gasteiger partial charge in [-0.25, -0.2) is 13.6 Å². The molecule has 1 aromatic carbocycles. The summed E-state index contributed by atoms with van der Waals surface area (Å²) in [5.41, 5.74) is 0.0401. The zero-order valence-electron chi connectivity index (χ0n) is 9.79. The molecule has 0 amide bonds. The van der Waals surface area contributed by atoms with Crippen molar-refractivity contribution >= 4 is 11.9 Å². The van der Waals surface area contributed by atoms with Gasteiger partial charge in [0.25, 0.3) is 0 Å². The Hall–Kier alpha value is -2.84. The molecule has 0 fully saturated rings. The van der Waals surface area contributed by atoms with E-state index >= 15 is 0 Å². The number of aromatic nitrogens is 4. The van der Waals surface area contributed by atoms with Crippen LogP contribution < -0.4 is 5.32 Å². The molecule has 0 spiro atoms. The van der Waals surface area contributed by atoms with Gasteiger partial charge in [-0.3, -0.25) is 0 Å². The van der Waals surface area contributed by atoms with Crippen LogP contribution in [0, 0.1) is 11.6 Å². The highest BCUT2D eigenvalue weighted by molar-refractivity contribution is 5.90. The molecule has 0 radical (unpaired) electrons. The van der Waals surface area contributed by atoms with Crippen molar-refractivity contribution in [3.05, 3.63) is 47.2 Å². The first-order valence-electron chi connectivity index (χ1n) is 5.50. The second kappa shape index (κ2) is 4.37. The Morgan fingerprint density at radius 1 is 1.30 bits per heavy atom. The van der Waals surface area contributed by atoms with Crippen LogP contribution in [0.1, 0.15) is 11.6 Å². The van der Waals surface area contributed by atoms with Crippen molar-refractivity contribution in [2.45, 2.75) is 6.04 Å². The number of carbonyl (C=O) groups is 1. The number of hydrogen-bond donors (Lipinski definition) is 2. The zero-order chi connectivity index (χ0) is 14.3. The third-order valence-corrected chi connectivity index (χ3v) is 2.78. The van der Waals surface area contributed by atoms with Gasteiger partial charge in [-0.1, -0.05) is 5.10 Å². The van der Waals surface area contributed by atoms with Gasteiger partial charge in [-0.15, -0.1) is 0 Å². The van der Waals surface area contributed by atoms with Crippen LogP contribution >= 0.6 is 0 Å². The fraction of sp³-hybridized carbons (Fsp3) is 0.0909. The van der Waals surface area contributed by atoms with Crippen LogP contribution in [0.15, 0.2) is 30.0 Å². The summed E-state index contributed by atoms with van der Waals surface area (Å²) in [4.78, 5) is 11.0. The lowest BCUT2D eigenvalue weighted by molar-refractivity contribution is -0.132. The van der Waals surface area contributed by atoms with Crippen molar-refractivity contribution in [2.75, 3.05) is 5.32 Å². The van der Waals surface area contributed by atoms with Crippen LogP contribution in [0.2, 0.25) is 0 Å². The minimum atomic E-state index is -1.22. The number of rotatable bonds is 2. The topological polar surface area (TPSA) is 92.9 Å². The van der Waals surface area contributed by atoms with Crippen LogP contribution in [0.5, 0.6) is 0 Å². The molecule has 7 nitrogen and oxygen atoms in total. The minimum Gasteiger partial charge on any atom is -0.477 e. The number of tetrazole rings is 1. The summed E-state index contributed by atoms with van der Waals surface area (Å²) in [5, 5.41) is 22.2. The van der Waals surface area contributed by atoms with Crippen LogP contribution in [0.4, 0.5) is 14.7 Å². The summed E-state index contributed by atoms with van der Waals surface area (Å²) >= 11 is 0. The maximum absolute atomic E-state index is 13.3. The highest BCUT2D eigenvalue weighted by Gasteiger charge is 2.27. The predicted molar refractivity (Wildman–Crippen MR) is 61.7 cm³/mol. The van der Waals surface area contributed by atoms with E-state index in [2.05, 4.69) is 20.8 Å². The summed E-state index contributed by atoms with van der Waals surface area (Å²) in [6.07, 6.45) is 1.28. The first-order valence-corrected chi connectivity index (χ1v) is 5.50. The highest BCUT2D eigenvalue weighted by atomic mass is 19.1. The van der Waals surface area contributed by atoms with Gasteiger partial charge in [0.15, 0.2) is 0 Å². The number of fused-ring (bicyclic) bond motifs is 1. The summed E-state index contributed by atoms with van der Waals surface area (Å²) in [6, 6.07) is 2.12. The molecule has 9 heteroatoms. The molecule has 0 unspecified atom stereocenters. The molecule has 1 aromatic heterocycles. The molecular weight excluding hydrogens is 272 g/mol. The summed E-state index contributed by atoms with van der Waals surface area (Å²) in [7, 11) is 0. The molecule has 0 saturated carbocycles. The Balaban J connectivity index is 2.14. The Bertz CT molecular complexity index is 707. The molecule has 0 aliphatic carbocycles. The van der Waals surface area contributed by atoms with E-state index in [0.717, 1.165) is 18.2 Å². The molecule has 20 heavy (non-hydrogen) atoms. The van der Waals surface area contributed by atoms with Crippen LogP contribution in [-0.4, -0.2) is 31.3 Å². The second-order valence-electron chi connectivity index (χ2n) is 4.11. The first-order chi connectivity index (χ1) is 9.54. The van der Waals surface area contributed by atoms with E-state index in [-0.39, 0.29) is 17.2 Å². The molecule has 0 bridgehead atoms. The normalized spacial score (nSPS) is 17.1. The number of nitrogens with zero attached hydrogens (tertiary/aromatic N) is 4. The van der Waals surface area contributed by atoms with Crippen LogP contribution in [-0.2, 0) is 4.79 Å². The Labute approximate surface area is 110 Å². The fourth-order valence-electron chi connectivity index (χ4n) is 1.96. The molecule has 2 aromatic rings. The number of hydrogen-bond acceptors (Lipinski definition) is 5. The molecule has 1 atom stereocenters. The molecule has 1 aliphatic rings. The van der Waals surface area contributed by atoms with Crippen molar-refractivity contribution in [1.29, 1.82) is 0 Å². The largest absolute Gasteiger partial charge is 0.477 e. The van der Waals surface area contributed by atoms with Gasteiger partial charge in [0.1, 0.15) is 23.4 Å². The fourth-order valence-corrected chi connectivity index (χ4v) is 1.96. The summed E-state index contributed by atoms with van der Waals surface area (Å²) in [5.74, 6) is -2.67. The van der Waals surface area contributed by atoms with Gasteiger partial charge >= 0.3 is 5.97 Å². The number of benzene rings is 1. The van der Waals surface area contributed by atoms with E-state index in [0.29, 0.717) is 0 Å². The smallest absolute Gasteiger partial charge is 0.352 e. The summed E-state index contributed by atoms with van der Waals surface area (Å²) in [6.45, 7) is 0.